The topological polar surface area (TPSA) is 49.2 Å². The van der Waals surface area contributed by atoms with Crippen LogP contribution in [-0.2, 0) is 5.75 Å². The molecule has 0 spiro atoms. The minimum Gasteiger partial charge on any atom is -0.497 e. The molecule has 0 atom stereocenters. The molecular weight excluding hydrogens is 413 g/mol. The van der Waals surface area contributed by atoms with Crippen molar-refractivity contribution in [3.8, 4) is 28.6 Å². The monoisotopic (exact) mass is 435 g/mol. The van der Waals surface area contributed by atoms with Crippen molar-refractivity contribution < 1.29 is 13.9 Å². The third kappa shape index (κ3) is 4.56. The van der Waals surface area contributed by atoms with Gasteiger partial charge in [0.05, 0.1) is 14.2 Å². The van der Waals surface area contributed by atoms with E-state index in [4.69, 9.17) is 9.47 Å². The van der Waals surface area contributed by atoms with Crippen LogP contribution in [0.3, 0.4) is 0 Å². The van der Waals surface area contributed by atoms with Crippen molar-refractivity contribution in [3.63, 3.8) is 0 Å². The summed E-state index contributed by atoms with van der Waals surface area (Å²) in [6.45, 7) is 2.04. The highest BCUT2D eigenvalue weighted by atomic mass is 32.2. The van der Waals surface area contributed by atoms with E-state index in [0.29, 0.717) is 33.8 Å². The molecule has 31 heavy (non-hydrogen) atoms. The highest BCUT2D eigenvalue weighted by Gasteiger charge is 2.18. The SMILES string of the molecule is COc1cc(OC)cc(-c2nnc(SCc3ccccc3F)n2-c2ccc(C)cc2)c1. The lowest BCUT2D eigenvalue weighted by Crippen LogP contribution is -2.01. The normalized spacial score (nSPS) is 10.8. The number of halogens is 1. The van der Waals surface area contributed by atoms with Gasteiger partial charge in [-0.3, -0.25) is 4.57 Å². The van der Waals surface area contributed by atoms with Crippen molar-refractivity contribution >= 4 is 11.8 Å². The van der Waals surface area contributed by atoms with E-state index in [-0.39, 0.29) is 5.82 Å². The van der Waals surface area contributed by atoms with Crippen LogP contribution in [0.4, 0.5) is 4.39 Å². The molecule has 158 valence electrons. The Morgan fingerprint density at radius 2 is 1.58 bits per heavy atom. The maximum absolute atomic E-state index is 14.1. The Kier molecular flexibility index (Phi) is 6.23. The highest BCUT2D eigenvalue weighted by molar-refractivity contribution is 7.98. The molecule has 0 radical (unpaired) electrons. The Hall–Kier alpha value is -3.32. The van der Waals surface area contributed by atoms with Crippen LogP contribution < -0.4 is 9.47 Å². The number of benzene rings is 3. The van der Waals surface area contributed by atoms with E-state index in [1.54, 1.807) is 26.4 Å². The zero-order valence-electron chi connectivity index (χ0n) is 17.5. The molecule has 0 N–H and O–H groups in total. The summed E-state index contributed by atoms with van der Waals surface area (Å²) in [4.78, 5) is 0. The molecule has 0 saturated carbocycles. The number of ether oxygens (including phenoxy) is 2. The number of hydrogen-bond acceptors (Lipinski definition) is 5. The number of hydrogen-bond donors (Lipinski definition) is 0. The molecule has 0 aliphatic rings. The quantitative estimate of drug-likeness (QED) is 0.349. The lowest BCUT2D eigenvalue weighted by Gasteiger charge is -2.12. The molecule has 4 rings (SSSR count). The smallest absolute Gasteiger partial charge is 0.196 e. The van der Waals surface area contributed by atoms with E-state index < -0.39 is 0 Å². The second-order valence-corrected chi connectivity index (χ2v) is 7.90. The Balaban J connectivity index is 1.79. The zero-order chi connectivity index (χ0) is 21.8. The van der Waals surface area contributed by atoms with Gasteiger partial charge in [-0.2, -0.15) is 0 Å². The average molecular weight is 436 g/mol. The van der Waals surface area contributed by atoms with Crippen molar-refractivity contribution in [2.24, 2.45) is 0 Å². The van der Waals surface area contributed by atoms with Crippen LogP contribution in [0.5, 0.6) is 11.5 Å². The van der Waals surface area contributed by atoms with Crippen LogP contribution in [0.1, 0.15) is 11.1 Å². The fourth-order valence-corrected chi connectivity index (χ4v) is 4.11. The van der Waals surface area contributed by atoms with E-state index in [1.807, 2.05) is 60.0 Å². The van der Waals surface area contributed by atoms with Gasteiger partial charge < -0.3 is 9.47 Å². The van der Waals surface area contributed by atoms with Crippen LogP contribution in [0.15, 0.2) is 71.9 Å². The van der Waals surface area contributed by atoms with Crippen LogP contribution in [0.2, 0.25) is 0 Å². The first-order valence-corrected chi connectivity index (χ1v) is 10.7. The molecule has 3 aromatic carbocycles. The van der Waals surface area contributed by atoms with Gasteiger partial charge in [-0.05, 0) is 42.8 Å². The van der Waals surface area contributed by atoms with Crippen molar-refractivity contribution in [3.05, 3.63) is 83.7 Å². The van der Waals surface area contributed by atoms with Crippen LogP contribution in [0.25, 0.3) is 17.1 Å². The maximum atomic E-state index is 14.1. The second kappa shape index (κ2) is 9.22. The Labute approximate surface area is 184 Å². The third-order valence-corrected chi connectivity index (χ3v) is 5.83. The lowest BCUT2D eigenvalue weighted by atomic mass is 10.1. The van der Waals surface area contributed by atoms with E-state index in [9.17, 15) is 4.39 Å². The minimum atomic E-state index is -0.228. The Morgan fingerprint density at radius 3 is 2.23 bits per heavy atom. The number of methoxy groups -OCH3 is 2. The summed E-state index contributed by atoms with van der Waals surface area (Å²) in [5.41, 5.74) is 3.50. The summed E-state index contributed by atoms with van der Waals surface area (Å²) in [6.07, 6.45) is 0. The molecule has 0 amide bonds. The molecule has 0 aliphatic carbocycles. The van der Waals surface area contributed by atoms with E-state index in [1.165, 1.54) is 17.8 Å². The molecule has 0 saturated heterocycles. The second-order valence-electron chi connectivity index (χ2n) is 6.96. The van der Waals surface area contributed by atoms with Crippen LogP contribution in [-0.4, -0.2) is 29.0 Å². The summed E-state index contributed by atoms with van der Waals surface area (Å²) in [5.74, 6) is 2.19. The van der Waals surface area contributed by atoms with Crippen molar-refractivity contribution in [2.75, 3.05) is 14.2 Å². The minimum absolute atomic E-state index is 0.228. The highest BCUT2D eigenvalue weighted by Crippen LogP contribution is 2.34. The molecule has 0 unspecified atom stereocenters. The summed E-state index contributed by atoms with van der Waals surface area (Å²) in [6, 6.07) is 20.5. The molecule has 7 heteroatoms. The van der Waals surface area contributed by atoms with E-state index in [0.717, 1.165) is 16.8 Å². The van der Waals surface area contributed by atoms with Crippen LogP contribution in [0, 0.1) is 12.7 Å². The van der Waals surface area contributed by atoms with Crippen LogP contribution >= 0.6 is 11.8 Å². The number of nitrogens with zero attached hydrogens (tertiary/aromatic N) is 3. The Morgan fingerprint density at radius 1 is 0.903 bits per heavy atom. The number of rotatable bonds is 7. The van der Waals surface area contributed by atoms with Gasteiger partial charge >= 0.3 is 0 Å². The average Bonchev–Trinajstić information content (AvgIpc) is 3.22. The first-order valence-electron chi connectivity index (χ1n) is 9.71. The van der Waals surface area contributed by atoms with E-state index in [2.05, 4.69) is 10.2 Å². The van der Waals surface area contributed by atoms with Gasteiger partial charge in [0.25, 0.3) is 0 Å². The number of aryl methyl sites for hydroxylation is 1. The van der Waals surface area contributed by atoms with E-state index >= 15 is 0 Å². The van der Waals surface area contributed by atoms with Crippen molar-refractivity contribution in [1.82, 2.24) is 14.8 Å². The van der Waals surface area contributed by atoms with Crippen molar-refractivity contribution in [1.29, 1.82) is 0 Å². The zero-order valence-corrected chi connectivity index (χ0v) is 18.3. The Bertz CT molecular complexity index is 1170. The number of aromatic nitrogens is 3. The molecule has 0 bridgehead atoms. The standard InChI is InChI=1S/C24H22FN3O2S/c1-16-8-10-19(11-9-16)28-23(18-12-20(29-2)14-21(13-18)30-3)26-27-24(28)31-15-17-6-4-5-7-22(17)25/h4-14H,15H2,1-3H3. The molecule has 5 nitrogen and oxygen atoms in total. The molecule has 1 aromatic heterocycles. The molecule has 1 heterocycles. The van der Waals surface area contributed by atoms with Gasteiger partial charge in [0.15, 0.2) is 11.0 Å². The first kappa shape index (κ1) is 20.9. The summed E-state index contributed by atoms with van der Waals surface area (Å²) >= 11 is 1.44. The fourth-order valence-electron chi connectivity index (χ4n) is 3.17. The molecule has 4 aromatic rings. The molecular formula is C24H22FN3O2S. The van der Waals surface area contributed by atoms with Gasteiger partial charge in [-0.25, -0.2) is 4.39 Å². The summed E-state index contributed by atoms with van der Waals surface area (Å²) < 4.78 is 26.9. The van der Waals surface area contributed by atoms with Gasteiger partial charge in [-0.15, -0.1) is 10.2 Å². The van der Waals surface area contributed by atoms with Gasteiger partial charge in [0.2, 0.25) is 0 Å². The maximum Gasteiger partial charge on any atom is 0.196 e. The fraction of sp³-hybridized carbons (Fsp3) is 0.167. The predicted molar refractivity (Wildman–Crippen MR) is 121 cm³/mol. The largest absolute Gasteiger partial charge is 0.497 e. The summed E-state index contributed by atoms with van der Waals surface area (Å²) in [7, 11) is 3.22. The van der Waals surface area contributed by atoms with Gasteiger partial charge in [0.1, 0.15) is 17.3 Å². The van der Waals surface area contributed by atoms with Crippen molar-refractivity contribution in [2.45, 2.75) is 17.8 Å². The predicted octanol–water partition coefficient (Wildman–Crippen LogP) is 5.69. The van der Waals surface area contributed by atoms with Gasteiger partial charge in [0, 0.05) is 23.1 Å². The van der Waals surface area contributed by atoms with Gasteiger partial charge in [-0.1, -0.05) is 47.7 Å². The molecule has 0 aliphatic heterocycles. The summed E-state index contributed by atoms with van der Waals surface area (Å²) in [5, 5.41) is 9.55. The lowest BCUT2D eigenvalue weighted by molar-refractivity contribution is 0.394. The first-order chi connectivity index (χ1) is 15.1. The third-order valence-electron chi connectivity index (χ3n) is 4.85. The number of thioether (sulfide) groups is 1. The molecule has 0 fully saturated rings.